The Morgan fingerprint density at radius 2 is 1.95 bits per heavy atom. The van der Waals surface area contributed by atoms with Crippen LogP contribution in [0.2, 0.25) is 0 Å². The Bertz CT molecular complexity index is 839. The van der Waals surface area contributed by atoms with Gasteiger partial charge in [-0.05, 0) is 40.8 Å². The van der Waals surface area contributed by atoms with Gasteiger partial charge in [-0.15, -0.1) is 0 Å². The van der Waals surface area contributed by atoms with Crippen molar-refractivity contribution in [3.8, 4) is 11.3 Å². The monoisotopic (exact) mass is 264 g/mol. The summed E-state index contributed by atoms with van der Waals surface area (Å²) in [5.41, 5.74) is 4.51. The summed E-state index contributed by atoms with van der Waals surface area (Å²) in [7, 11) is 0. The van der Waals surface area contributed by atoms with Crippen LogP contribution in [0.1, 0.15) is 21.6 Å². The predicted molar refractivity (Wildman–Crippen MR) is 75.9 cm³/mol. The van der Waals surface area contributed by atoms with Gasteiger partial charge in [0, 0.05) is 5.56 Å². The molecule has 4 heteroatoms. The zero-order valence-electron chi connectivity index (χ0n) is 10.7. The number of hydrogen-bond acceptors (Lipinski definition) is 2. The van der Waals surface area contributed by atoms with E-state index in [1.807, 2.05) is 6.07 Å². The Labute approximate surface area is 115 Å². The third-order valence-electron chi connectivity index (χ3n) is 3.96. The molecule has 2 aromatic carbocycles. The van der Waals surface area contributed by atoms with E-state index in [2.05, 4.69) is 34.5 Å². The van der Waals surface area contributed by atoms with Gasteiger partial charge in [0.05, 0.1) is 5.69 Å². The van der Waals surface area contributed by atoms with Crippen LogP contribution in [0.15, 0.2) is 36.4 Å². The first-order valence-electron chi connectivity index (χ1n) is 6.56. The Balaban J connectivity index is 1.99. The molecule has 4 rings (SSSR count). The second-order valence-electron chi connectivity index (χ2n) is 5.08. The fourth-order valence-corrected chi connectivity index (χ4v) is 3.04. The molecule has 0 radical (unpaired) electrons. The lowest BCUT2D eigenvalue weighted by Crippen LogP contribution is -1.95. The number of nitrogens with zero attached hydrogens (tertiary/aromatic N) is 1. The molecule has 0 spiro atoms. The van der Waals surface area contributed by atoms with Gasteiger partial charge >= 0.3 is 5.97 Å². The van der Waals surface area contributed by atoms with Crippen LogP contribution >= 0.6 is 0 Å². The summed E-state index contributed by atoms with van der Waals surface area (Å²) < 4.78 is 0. The van der Waals surface area contributed by atoms with Crippen LogP contribution in [0, 0.1) is 0 Å². The van der Waals surface area contributed by atoms with Crippen molar-refractivity contribution in [1.29, 1.82) is 0 Å². The van der Waals surface area contributed by atoms with Gasteiger partial charge < -0.3 is 5.11 Å². The van der Waals surface area contributed by atoms with Crippen molar-refractivity contribution in [3.05, 3.63) is 53.2 Å². The fourth-order valence-electron chi connectivity index (χ4n) is 3.04. The largest absolute Gasteiger partial charge is 0.477 e. The van der Waals surface area contributed by atoms with Crippen LogP contribution in [-0.2, 0) is 12.8 Å². The van der Waals surface area contributed by atoms with Gasteiger partial charge in [-0.25, -0.2) is 4.79 Å². The van der Waals surface area contributed by atoms with Crippen LogP contribution in [0.25, 0.3) is 22.0 Å². The SMILES string of the molecule is O=C(O)c1cc(-c2ccc3c4c(cccc24)CC3)n[nH]1. The summed E-state index contributed by atoms with van der Waals surface area (Å²) in [6.45, 7) is 0. The smallest absolute Gasteiger partial charge is 0.353 e. The van der Waals surface area contributed by atoms with Crippen LogP contribution < -0.4 is 0 Å². The molecular formula is C16H12N2O2. The number of rotatable bonds is 2. The van der Waals surface area contributed by atoms with Crippen molar-refractivity contribution in [2.24, 2.45) is 0 Å². The lowest BCUT2D eigenvalue weighted by atomic mass is 9.98. The van der Waals surface area contributed by atoms with E-state index in [4.69, 9.17) is 5.11 Å². The van der Waals surface area contributed by atoms with Crippen LogP contribution in [0.3, 0.4) is 0 Å². The topological polar surface area (TPSA) is 66.0 Å². The number of H-pyrrole nitrogens is 1. The first-order valence-corrected chi connectivity index (χ1v) is 6.56. The van der Waals surface area contributed by atoms with Crippen molar-refractivity contribution in [2.75, 3.05) is 0 Å². The summed E-state index contributed by atoms with van der Waals surface area (Å²) in [6.07, 6.45) is 2.16. The lowest BCUT2D eigenvalue weighted by molar-refractivity contribution is 0.0690. The van der Waals surface area contributed by atoms with E-state index in [1.54, 1.807) is 6.07 Å². The lowest BCUT2D eigenvalue weighted by Gasteiger charge is -2.06. The molecule has 20 heavy (non-hydrogen) atoms. The molecule has 0 aliphatic heterocycles. The van der Waals surface area contributed by atoms with Crippen molar-refractivity contribution in [2.45, 2.75) is 12.8 Å². The summed E-state index contributed by atoms with van der Waals surface area (Å²) in [6, 6.07) is 12.0. The highest BCUT2D eigenvalue weighted by Gasteiger charge is 2.18. The van der Waals surface area contributed by atoms with Crippen LogP contribution in [-0.4, -0.2) is 21.3 Å². The van der Waals surface area contributed by atoms with E-state index in [-0.39, 0.29) is 5.69 Å². The Morgan fingerprint density at radius 1 is 1.15 bits per heavy atom. The number of hydrogen-bond donors (Lipinski definition) is 2. The molecule has 2 N–H and O–H groups in total. The van der Waals surface area contributed by atoms with Crippen molar-refractivity contribution < 1.29 is 9.90 Å². The number of aromatic amines is 1. The molecule has 0 bridgehead atoms. The summed E-state index contributed by atoms with van der Waals surface area (Å²) >= 11 is 0. The average Bonchev–Trinajstić information content (AvgIpc) is 3.08. The van der Waals surface area contributed by atoms with Gasteiger partial charge in [-0.1, -0.05) is 30.3 Å². The van der Waals surface area contributed by atoms with E-state index in [9.17, 15) is 4.79 Å². The molecule has 4 nitrogen and oxygen atoms in total. The van der Waals surface area contributed by atoms with E-state index < -0.39 is 5.97 Å². The molecule has 0 saturated heterocycles. The highest BCUT2D eigenvalue weighted by Crippen LogP contribution is 2.36. The minimum Gasteiger partial charge on any atom is -0.477 e. The van der Waals surface area contributed by atoms with Gasteiger partial charge in [0.15, 0.2) is 0 Å². The standard InChI is InChI=1S/C16H12N2O2/c19-16(20)14-8-13(17-18-14)11-7-6-10-5-4-9-2-1-3-12(11)15(9)10/h1-3,6-8H,4-5H2,(H,17,18)(H,19,20). The molecule has 0 fully saturated rings. The highest BCUT2D eigenvalue weighted by molar-refractivity contribution is 6.01. The van der Waals surface area contributed by atoms with E-state index in [0.29, 0.717) is 5.69 Å². The molecular weight excluding hydrogens is 252 g/mol. The van der Waals surface area contributed by atoms with Crippen molar-refractivity contribution in [1.82, 2.24) is 10.2 Å². The maximum Gasteiger partial charge on any atom is 0.353 e. The Morgan fingerprint density at radius 3 is 2.70 bits per heavy atom. The van der Waals surface area contributed by atoms with E-state index in [1.165, 1.54) is 16.5 Å². The molecule has 1 heterocycles. The molecule has 1 aliphatic rings. The average molecular weight is 264 g/mol. The zero-order chi connectivity index (χ0) is 13.7. The maximum atomic E-state index is 11.0. The third kappa shape index (κ3) is 1.48. The molecule has 3 aromatic rings. The quantitative estimate of drug-likeness (QED) is 0.747. The summed E-state index contributed by atoms with van der Waals surface area (Å²) in [4.78, 5) is 11.0. The third-order valence-corrected chi connectivity index (χ3v) is 3.96. The number of nitrogens with one attached hydrogen (secondary N) is 1. The van der Waals surface area contributed by atoms with Gasteiger partial charge in [-0.2, -0.15) is 5.10 Å². The number of aromatic carboxylic acids is 1. The Hall–Kier alpha value is -2.62. The summed E-state index contributed by atoms with van der Waals surface area (Å²) in [5.74, 6) is -0.991. The number of aryl methyl sites for hydroxylation is 2. The number of aromatic nitrogens is 2. The van der Waals surface area contributed by atoms with Crippen molar-refractivity contribution in [3.63, 3.8) is 0 Å². The van der Waals surface area contributed by atoms with Crippen LogP contribution in [0.5, 0.6) is 0 Å². The fraction of sp³-hybridized carbons (Fsp3) is 0.125. The second kappa shape index (κ2) is 3.93. The first kappa shape index (κ1) is 11.2. The number of carbonyl (C=O) groups is 1. The normalized spacial score (nSPS) is 13.0. The molecule has 0 atom stereocenters. The predicted octanol–water partition coefficient (Wildman–Crippen LogP) is 3.03. The van der Waals surface area contributed by atoms with Gasteiger partial charge in [0.25, 0.3) is 0 Å². The number of carboxylic acid groups (broad SMARTS) is 1. The molecule has 1 aromatic heterocycles. The minimum atomic E-state index is -0.991. The molecule has 0 unspecified atom stereocenters. The number of benzene rings is 2. The maximum absolute atomic E-state index is 11.0. The highest BCUT2D eigenvalue weighted by atomic mass is 16.4. The Kier molecular flexibility index (Phi) is 2.21. The van der Waals surface area contributed by atoms with Gasteiger partial charge in [0.1, 0.15) is 5.69 Å². The van der Waals surface area contributed by atoms with E-state index in [0.717, 1.165) is 23.8 Å². The second-order valence-corrected chi connectivity index (χ2v) is 5.08. The number of carboxylic acids is 1. The minimum absolute atomic E-state index is 0.114. The van der Waals surface area contributed by atoms with E-state index >= 15 is 0 Å². The molecule has 0 saturated carbocycles. The molecule has 1 aliphatic carbocycles. The molecule has 98 valence electrons. The summed E-state index contributed by atoms with van der Waals surface area (Å²) in [5, 5.41) is 18.1. The van der Waals surface area contributed by atoms with Gasteiger partial charge in [-0.3, -0.25) is 5.10 Å². The zero-order valence-corrected chi connectivity index (χ0v) is 10.7. The van der Waals surface area contributed by atoms with Gasteiger partial charge in [0.2, 0.25) is 0 Å². The molecule has 0 amide bonds. The van der Waals surface area contributed by atoms with Crippen molar-refractivity contribution >= 4 is 16.7 Å². The first-order chi connectivity index (χ1) is 9.74. The van der Waals surface area contributed by atoms with Crippen LogP contribution in [0.4, 0.5) is 0 Å².